The van der Waals surface area contributed by atoms with Crippen LogP contribution in [0.5, 0.6) is 0 Å². The van der Waals surface area contributed by atoms with E-state index >= 15 is 0 Å². The van der Waals surface area contributed by atoms with Crippen molar-refractivity contribution in [2.75, 3.05) is 6.61 Å². The Balaban J connectivity index is 2.67. The lowest BCUT2D eigenvalue weighted by atomic mass is 10.1. The molecule has 0 saturated carbocycles. The monoisotopic (exact) mass is 304 g/mol. The van der Waals surface area contributed by atoms with Gasteiger partial charge in [0.15, 0.2) is 10.6 Å². The van der Waals surface area contributed by atoms with Gasteiger partial charge in [0.05, 0.1) is 17.2 Å². The summed E-state index contributed by atoms with van der Waals surface area (Å²) in [4.78, 5) is 17.9. The lowest BCUT2D eigenvalue weighted by Crippen LogP contribution is -2.18. The third kappa shape index (κ3) is 3.14. The summed E-state index contributed by atoms with van der Waals surface area (Å²) in [6, 6.07) is 5.99. The number of nitrogens with zero attached hydrogens (tertiary/aromatic N) is 2. The zero-order chi connectivity index (χ0) is 15.6. The van der Waals surface area contributed by atoms with Gasteiger partial charge in [-0.2, -0.15) is 0 Å². The van der Waals surface area contributed by atoms with E-state index in [2.05, 4.69) is 13.0 Å². The number of rotatable bonds is 4. The van der Waals surface area contributed by atoms with Crippen LogP contribution in [0.3, 0.4) is 0 Å². The highest BCUT2D eigenvalue weighted by molar-refractivity contribution is 7.11. The summed E-state index contributed by atoms with van der Waals surface area (Å²) in [7, 11) is 0. The number of hydrogen-bond donors (Lipinski definition) is 1. The number of aliphatic hydroxyl groups excluding tert-OH is 1. The Morgan fingerprint density at radius 2 is 2.05 bits per heavy atom. The summed E-state index contributed by atoms with van der Waals surface area (Å²) < 4.78 is 1.91. The van der Waals surface area contributed by atoms with Crippen molar-refractivity contribution in [2.45, 2.75) is 34.2 Å². The molecule has 0 spiro atoms. The molecule has 0 unspecified atom stereocenters. The van der Waals surface area contributed by atoms with E-state index in [0.717, 1.165) is 21.7 Å². The minimum absolute atomic E-state index is 0.0227. The van der Waals surface area contributed by atoms with Gasteiger partial charge in [0.2, 0.25) is 0 Å². The highest BCUT2D eigenvalue weighted by Gasteiger charge is 2.13. The first kappa shape index (κ1) is 15.7. The molecule has 0 saturated heterocycles. The summed E-state index contributed by atoms with van der Waals surface area (Å²) in [5, 5.41) is 9.24. The van der Waals surface area contributed by atoms with Gasteiger partial charge in [-0.15, -0.1) is 0 Å². The van der Waals surface area contributed by atoms with E-state index in [9.17, 15) is 9.90 Å². The van der Waals surface area contributed by atoms with Crippen molar-refractivity contribution in [1.29, 1.82) is 0 Å². The van der Waals surface area contributed by atoms with E-state index in [4.69, 9.17) is 4.99 Å². The minimum Gasteiger partial charge on any atom is -0.395 e. The number of ketones is 1. The average Bonchev–Trinajstić information content (AvgIpc) is 2.73. The van der Waals surface area contributed by atoms with Crippen molar-refractivity contribution in [3.8, 4) is 0 Å². The summed E-state index contributed by atoms with van der Waals surface area (Å²) >= 11 is 1.38. The SMILES string of the molecule is CC(=O)c1sc(=Nc2cccc(C)c2C)n(CCO)c1C. The van der Waals surface area contributed by atoms with E-state index in [0.29, 0.717) is 11.4 Å². The second-order valence-electron chi connectivity index (χ2n) is 5.06. The molecule has 2 aromatic rings. The lowest BCUT2D eigenvalue weighted by molar-refractivity contribution is 0.102. The molecular weight excluding hydrogens is 284 g/mol. The molecule has 0 aliphatic rings. The van der Waals surface area contributed by atoms with Gasteiger partial charge in [-0.1, -0.05) is 23.5 Å². The third-order valence-corrected chi connectivity index (χ3v) is 4.87. The molecule has 0 fully saturated rings. The molecule has 112 valence electrons. The first-order valence-electron chi connectivity index (χ1n) is 6.88. The highest BCUT2D eigenvalue weighted by atomic mass is 32.1. The minimum atomic E-state index is 0.0227. The number of hydrogen-bond acceptors (Lipinski definition) is 4. The number of benzene rings is 1. The smallest absolute Gasteiger partial charge is 0.190 e. The lowest BCUT2D eigenvalue weighted by Gasteiger charge is -2.05. The third-order valence-electron chi connectivity index (χ3n) is 3.59. The van der Waals surface area contributed by atoms with Crippen molar-refractivity contribution in [3.05, 3.63) is 44.7 Å². The molecule has 1 N–H and O–H groups in total. The fraction of sp³-hybridized carbons (Fsp3) is 0.375. The largest absolute Gasteiger partial charge is 0.395 e. The first-order chi connectivity index (χ1) is 9.95. The average molecular weight is 304 g/mol. The maximum atomic E-state index is 11.7. The van der Waals surface area contributed by atoms with Crippen LogP contribution in [0, 0.1) is 20.8 Å². The van der Waals surface area contributed by atoms with Crippen LogP contribution in [0.15, 0.2) is 23.2 Å². The van der Waals surface area contributed by atoms with Gasteiger partial charge >= 0.3 is 0 Å². The molecule has 0 atom stereocenters. The summed E-state index contributed by atoms with van der Waals surface area (Å²) in [6.07, 6.45) is 0. The van der Waals surface area contributed by atoms with Gasteiger partial charge in [-0.25, -0.2) is 4.99 Å². The van der Waals surface area contributed by atoms with Crippen LogP contribution in [0.2, 0.25) is 0 Å². The van der Waals surface area contributed by atoms with Gasteiger partial charge in [-0.3, -0.25) is 4.79 Å². The van der Waals surface area contributed by atoms with E-state index in [-0.39, 0.29) is 12.4 Å². The van der Waals surface area contributed by atoms with Crippen LogP contribution < -0.4 is 4.80 Å². The van der Waals surface area contributed by atoms with Crippen LogP contribution in [0.4, 0.5) is 5.69 Å². The first-order valence-corrected chi connectivity index (χ1v) is 7.70. The second kappa shape index (κ2) is 6.37. The summed E-state index contributed by atoms with van der Waals surface area (Å²) in [6.45, 7) is 8.01. The number of aromatic nitrogens is 1. The quantitative estimate of drug-likeness (QED) is 0.883. The standard InChI is InChI=1S/C16H20N2O2S/c1-10-6-5-7-14(11(10)2)17-16-18(8-9-19)12(3)15(21-16)13(4)20/h5-7,19H,8-9H2,1-4H3. The van der Waals surface area contributed by atoms with Crippen molar-refractivity contribution < 1.29 is 9.90 Å². The molecule has 21 heavy (non-hydrogen) atoms. The number of aliphatic hydroxyl groups is 1. The number of carbonyl (C=O) groups is 1. The molecule has 4 nitrogen and oxygen atoms in total. The molecule has 1 aromatic carbocycles. The number of aryl methyl sites for hydroxylation is 1. The molecule has 0 radical (unpaired) electrons. The predicted octanol–water partition coefficient (Wildman–Crippen LogP) is 2.90. The number of thiazole rings is 1. The highest BCUT2D eigenvalue weighted by Crippen LogP contribution is 2.21. The van der Waals surface area contributed by atoms with Crippen LogP contribution in [0.25, 0.3) is 0 Å². The van der Waals surface area contributed by atoms with Crippen LogP contribution in [0.1, 0.15) is 33.4 Å². The molecular formula is C16H20N2O2S. The van der Waals surface area contributed by atoms with Gasteiger partial charge in [-0.05, 0) is 38.0 Å². The Hall–Kier alpha value is -1.72. The van der Waals surface area contributed by atoms with E-state index < -0.39 is 0 Å². The second-order valence-corrected chi connectivity index (χ2v) is 6.04. The Morgan fingerprint density at radius 3 is 2.67 bits per heavy atom. The van der Waals surface area contributed by atoms with E-state index in [1.54, 1.807) is 6.92 Å². The topological polar surface area (TPSA) is 54.6 Å². The summed E-state index contributed by atoms with van der Waals surface area (Å²) in [5.41, 5.74) is 4.08. The van der Waals surface area contributed by atoms with Crippen LogP contribution >= 0.6 is 11.3 Å². The molecule has 2 rings (SSSR count). The number of Topliss-reactive ketones (excluding diaryl/α,β-unsaturated/α-hetero) is 1. The Morgan fingerprint density at radius 1 is 1.33 bits per heavy atom. The zero-order valence-corrected chi connectivity index (χ0v) is 13.6. The maximum Gasteiger partial charge on any atom is 0.190 e. The molecule has 0 bridgehead atoms. The van der Waals surface area contributed by atoms with Crippen molar-refractivity contribution in [3.63, 3.8) is 0 Å². The van der Waals surface area contributed by atoms with Gasteiger partial charge in [0.1, 0.15) is 0 Å². The van der Waals surface area contributed by atoms with E-state index in [1.165, 1.54) is 16.9 Å². The molecule has 5 heteroatoms. The molecule has 1 aromatic heterocycles. The van der Waals surface area contributed by atoms with E-state index in [1.807, 2.05) is 30.5 Å². The molecule has 1 heterocycles. The van der Waals surface area contributed by atoms with Crippen LogP contribution in [-0.4, -0.2) is 22.1 Å². The Kier molecular flexibility index (Phi) is 4.75. The van der Waals surface area contributed by atoms with Gasteiger partial charge in [0, 0.05) is 19.2 Å². The number of carbonyl (C=O) groups excluding carboxylic acids is 1. The zero-order valence-electron chi connectivity index (χ0n) is 12.8. The normalized spacial score (nSPS) is 12.0. The van der Waals surface area contributed by atoms with Crippen LogP contribution in [-0.2, 0) is 6.54 Å². The Bertz CT molecular complexity index is 741. The predicted molar refractivity (Wildman–Crippen MR) is 85.3 cm³/mol. The van der Waals surface area contributed by atoms with Crippen molar-refractivity contribution in [2.24, 2.45) is 4.99 Å². The molecule has 0 aliphatic heterocycles. The molecule has 0 aliphatic carbocycles. The van der Waals surface area contributed by atoms with Crippen molar-refractivity contribution >= 4 is 22.8 Å². The maximum absolute atomic E-state index is 11.7. The fourth-order valence-electron chi connectivity index (χ4n) is 2.22. The summed E-state index contributed by atoms with van der Waals surface area (Å²) in [5.74, 6) is 0.0339. The van der Waals surface area contributed by atoms with Gasteiger partial charge in [0.25, 0.3) is 0 Å². The fourth-order valence-corrected chi connectivity index (χ4v) is 3.29. The van der Waals surface area contributed by atoms with Gasteiger partial charge < -0.3 is 9.67 Å². The van der Waals surface area contributed by atoms with Crippen molar-refractivity contribution in [1.82, 2.24) is 4.57 Å². The Labute approximate surface area is 128 Å². The molecule has 0 amide bonds.